The average molecular weight is 1330 g/mol. The Morgan fingerprint density at radius 2 is 0.519 bits per heavy atom. The molecule has 0 saturated heterocycles. The summed E-state index contributed by atoms with van der Waals surface area (Å²) in [5.74, 6) is 1.38. The van der Waals surface area contributed by atoms with Crippen LogP contribution in [0.1, 0.15) is 0 Å². The fourth-order valence-electron chi connectivity index (χ4n) is 14.3. The van der Waals surface area contributed by atoms with E-state index < -0.39 is 0 Å². The summed E-state index contributed by atoms with van der Waals surface area (Å²) in [6.45, 7) is 0. The molecule has 6 nitrogen and oxygen atoms in total. The van der Waals surface area contributed by atoms with E-state index in [1.807, 2.05) is 30.6 Å². The van der Waals surface area contributed by atoms with Crippen LogP contribution in [0, 0.1) is 0 Å². The Bertz CT molecular complexity index is 6370. The van der Waals surface area contributed by atoms with Gasteiger partial charge < -0.3 is 0 Å². The summed E-state index contributed by atoms with van der Waals surface area (Å²) in [6, 6.07) is 131. The molecule has 0 unspecified atom stereocenters. The zero-order chi connectivity index (χ0) is 69.1. The van der Waals surface area contributed by atoms with Crippen LogP contribution < -0.4 is 0 Å². The van der Waals surface area contributed by atoms with Gasteiger partial charge in [-0.25, -0.2) is 19.9 Å². The van der Waals surface area contributed by atoms with E-state index in [1.165, 1.54) is 70.9 Å². The second kappa shape index (κ2) is 27.6. The monoisotopic (exact) mass is 1320 g/mol. The van der Waals surface area contributed by atoms with E-state index in [-0.39, 0.29) is 0 Å². The number of rotatable bonds is 12. The fourth-order valence-corrected chi connectivity index (χ4v) is 14.3. The molecule has 0 aliphatic heterocycles. The van der Waals surface area contributed by atoms with Gasteiger partial charge in [0, 0.05) is 62.9 Å². The Kier molecular flexibility index (Phi) is 16.6. The highest BCUT2D eigenvalue weighted by molar-refractivity contribution is 6.00. The number of fused-ring (bicyclic) bond motifs is 5. The lowest BCUT2D eigenvalue weighted by molar-refractivity contribution is 1.18. The molecule has 0 fully saturated rings. The molecule has 0 bridgehead atoms. The molecule has 0 spiro atoms. The van der Waals surface area contributed by atoms with Gasteiger partial charge in [0.25, 0.3) is 0 Å². The molecule has 0 radical (unpaired) electrons. The highest BCUT2D eigenvalue weighted by Gasteiger charge is 2.17. The first-order valence-corrected chi connectivity index (χ1v) is 35.1. The van der Waals surface area contributed by atoms with Crippen LogP contribution in [0.4, 0.5) is 0 Å². The molecule has 104 heavy (non-hydrogen) atoms. The molecule has 0 aliphatic rings. The fraction of sp³-hybridized carbons (Fsp3) is 0. The van der Waals surface area contributed by atoms with Crippen LogP contribution in [0.3, 0.4) is 0 Å². The summed E-state index contributed by atoms with van der Waals surface area (Å²) < 4.78 is 0. The largest absolute Gasteiger partial charge is 0.264 e. The molecule has 0 saturated carbocycles. The highest BCUT2D eigenvalue weighted by atomic mass is 14.9. The standard InChI is InChI=1S/C51H33N3.C47H31N3/c1-2-11-40-29-42(28-21-34(40)9-1)41-14-7-15-44(30-41)51-53-49(38-24-19-35(20-25-38)45-31-43-12-4-6-18-48(43)52-33-45)32-50(54-51)39-26-22-37(23-27-39)47-17-8-13-36-10-3-5-16-46(36)47;1-3-16-41-33(9-1)11-6-18-43(41)35-22-26-37(27-23-35)46-30-45(36-24-20-32(21-25-36)40-15-8-28-48-31-40)49-47(50-46)39-14-5-13-38(29-39)44-19-7-12-34-10-2-4-17-42(34)44/h1-33H;1-31H. The van der Waals surface area contributed by atoms with E-state index in [4.69, 9.17) is 24.9 Å². The summed E-state index contributed by atoms with van der Waals surface area (Å²) in [7, 11) is 0. The van der Waals surface area contributed by atoms with Crippen LogP contribution in [-0.2, 0) is 0 Å². The molecule has 19 aromatic rings. The molecular weight excluding hydrogens is 1260 g/mol. The second-order valence-corrected chi connectivity index (χ2v) is 26.2. The van der Waals surface area contributed by atoms with E-state index in [0.29, 0.717) is 11.6 Å². The lowest BCUT2D eigenvalue weighted by Gasteiger charge is -2.12. The van der Waals surface area contributed by atoms with Gasteiger partial charge in [0.2, 0.25) is 0 Å². The molecule has 0 aliphatic carbocycles. The molecule has 4 heterocycles. The number of pyridine rings is 2. The maximum atomic E-state index is 5.21. The maximum Gasteiger partial charge on any atom is 0.160 e. The van der Waals surface area contributed by atoms with Crippen LogP contribution in [-0.4, -0.2) is 29.9 Å². The predicted molar refractivity (Wildman–Crippen MR) is 432 cm³/mol. The summed E-state index contributed by atoms with van der Waals surface area (Å²) in [4.78, 5) is 29.8. The lowest BCUT2D eigenvalue weighted by Crippen LogP contribution is -1.96. The van der Waals surface area contributed by atoms with Crippen molar-refractivity contribution in [2.75, 3.05) is 0 Å². The minimum atomic E-state index is 0.686. The Hall–Kier alpha value is -13.9. The summed E-state index contributed by atoms with van der Waals surface area (Å²) >= 11 is 0. The molecule has 6 heteroatoms. The van der Waals surface area contributed by atoms with Crippen LogP contribution in [0.2, 0.25) is 0 Å². The maximum absolute atomic E-state index is 5.21. The molecule has 4 aromatic heterocycles. The van der Waals surface area contributed by atoms with Crippen molar-refractivity contribution in [3.05, 3.63) is 389 Å². The average Bonchev–Trinajstić information content (AvgIpc) is 0.791. The van der Waals surface area contributed by atoms with Gasteiger partial charge >= 0.3 is 0 Å². The Labute approximate surface area is 603 Å². The lowest BCUT2D eigenvalue weighted by atomic mass is 9.96. The van der Waals surface area contributed by atoms with Crippen molar-refractivity contribution >= 4 is 54.0 Å². The van der Waals surface area contributed by atoms with E-state index in [1.54, 1.807) is 6.20 Å². The number of benzene rings is 15. The van der Waals surface area contributed by atoms with Gasteiger partial charge in [-0.05, 0) is 153 Å². The van der Waals surface area contributed by atoms with E-state index >= 15 is 0 Å². The molecule has 0 atom stereocenters. The van der Waals surface area contributed by atoms with Gasteiger partial charge in [0.05, 0.1) is 28.3 Å². The van der Waals surface area contributed by atoms with Gasteiger partial charge in [-0.15, -0.1) is 0 Å². The van der Waals surface area contributed by atoms with Crippen molar-refractivity contribution in [3.8, 4) is 135 Å². The van der Waals surface area contributed by atoms with Crippen LogP contribution in [0.15, 0.2) is 389 Å². The van der Waals surface area contributed by atoms with Gasteiger partial charge in [-0.3, -0.25) is 9.97 Å². The third-order valence-electron chi connectivity index (χ3n) is 19.7. The van der Waals surface area contributed by atoms with Crippen molar-refractivity contribution in [2.45, 2.75) is 0 Å². The van der Waals surface area contributed by atoms with Gasteiger partial charge in [0.1, 0.15) is 0 Å². The van der Waals surface area contributed by atoms with Crippen molar-refractivity contribution in [2.24, 2.45) is 0 Å². The van der Waals surface area contributed by atoms with Crippen molar-refractivity contribution < 1.29 is 0 Å². The zero-order valence-electron chi connectivity index (χ0n) is 56.6. The number of nitrogens with zero attached hydrogens (tertiary/aromatic N) is 6. The van der Waals surface area contributed by atoms with Gasteiger partial charge in [0.15, 0.2) is 11.6 Å². The summed E-state index contributed by atoms with van der Waals surface area (Å²) in [5.41, 5.74) is 24.3. The SMILES string of the molecule is c1cc(-c2ccc3ccccc3c2)cc(-c2nc(-c3ccc(-c4cnc5ccccc5c4)cc3)cc(-c3ccc(-c4cccc5ccccc45)cc3)n2)c1.c1cncc(-c2ccc(-c3cc(-c4ccc(-c5cccc6ccccc56)cc4)nc(-c4cccc(-c5cccc6ccccc56)c4)n3)cc2)c1. The third kappa shape index (κ3) is 12.7. The smallest absolute Gasteiger partial charge is 0.160 e. The number of hydrogen-bond donors (Lipinski definition) is 0. The molecular formula is C98H64N6. The Balaban J connectivity index is 0.000000149. The first-order chi connectivity index (χ1) is 51.5. The van der Waals surface area contributed by atoms with Crippen molar-refractivity contribution in [1.29, 1.82) is 0 Å². The normalized spacial score (nSPS) is 11.3. The van der Waals surface area contributed by atoms with E-state index in [2.05, 4.69) is 357 Å². The third-order valence-corrected chi connectivity index (χ3v) is 19.7. The van der Waals surface area contributed by atoms with Crippen LogP contribution in [0.25, 0.3) is 189 Å². The highest BCUT2D eigenvalue weighted by Crippen LogP contribution is 2.39. The van der Waals surface area contributed by atoms with Crippen LogP contribution in [0.5, 0.6) is 0 Å². The summed E-state index contributed by atoms with van der Waals surface area (Å²) in [5, 5.41) is 11.0. The van der Waals surface area contributed by atoms with Gasteiger partial charge in [-0.1, -0.05) is 322 Å². The number of para-hydroxylation sites is 1. The first-order valence-electron chi connectivity index (χ1n) is 35.1. The number of hydrogen-bond acceptors (Lipinski definition) is 6. The summed E-state index contributed by atoms with van der Waals surface area (Å²) in [6.07, 6.45) is 5.63. The molecule has 15 aromatic carbocycles. The molecule has 0 N–H and O–H groups in total. The van der Waals surface area contributed by atoms with E-state index in [0.717, 1.165) is 106 Å². The minimum Gasteiger partial charge on any atom is -0.264 e. The minimum absolute atomic E-state index is 0.686. The number of aromatic nitrogens is 6. The zero-order valence-corrected chi connectivity index (χ0v) is 56.6. The molecule has 486 valence electrons. The topological polar surface area (TPSA) is 77.3 Å². The Morgan fingerprint density at radius 1 is 0.173 bits per heavy atom. The Morgan fingerprint density at radius 3 is 1.02 bits per heavy atom. The van der Waals surface area contributed by atoms with Gasteiger partial charge in [-0.2, -0.15) is 0 Å². The second-order valence-electron chi connectivity index (χ2n) is 26.2. The van der Waals surface area contributed by atoms with Crippen molar-refractivity contribution in [3.63, 3.8) is 0 Å². The first kappa shape index (κ1) is 62.3. The van der Waals surface area contributed by atoms with Crippen LogP contribution >= 0.6 is 0 Å². The van der Waals surface area contributed by atoms with E-state index in [9.17, 15) is 0 Å². The predicted octanol–water partition coefficient (Wildman–Crippen LogP) is 25.5. The quantitative estimate of drug-likeness (QED) is 0.121. The molecule has 19 rings (SSSR count). The van der Waals surface area contributed by atoms with Crippen molar-refractivity contribution in [1.82, 2.24) is 29.9 Å². The molecule has 0 amide bonds.